The van der Waals surface area contributed by atoms with Crippen LogP contribution in [0.2, 0.25) is 0 Å². The summed E-state index contributed by atoms with van der Waals surface area (Å²) >= 11 is 0. The van der Waals surface area contributed by atoms with Crippen LogP contribution in [0.1, 0.15) is 60.3 Å². The van der Waals surface area contributed by atoms with Crippen LogP contribution in [-0.2, 0) is 19.1 Å². The van der Waals surface area contributed by atoms with Gasteiger partial charge in [0.1, 0.15) is 6.04 Å². The fourth-order valence-corrected chi connectivity index (χ4v) is 5.14. The molecule has 1 aliphatic rings. The Morgan fingerprint density at radius 1 is 1.02 bits per heavy atom. The molecule has 0 bridgehead atoms. The third-order valence-electron chi connectivity index (χ3n) is 8.17. The van der Waals surface area contributed by atoms with E-state index in [2.05, 4.69) is 10.1 Å². The summed E-state index contributed by atoms with van der Waals surface area (Å²) in [5.74, 6) is -15.8. The Hall–Kier alpha value is -2.80. The zero-order chi connectivity index (χ0) is 31.4. The highest BCUT2D eigenvalue weighted by molar-refractivity contribution is 5.92. The monoisotopic (exact) mass is 593 g/mol. The van der Waals surface area contributed by atoms with E-state index >= 15 is 0 Å². The molecule has 0 unspecified atom stereocenters. The van der Waals surface area contributed by atoms with Crippen LogP contribution < -0.4 is 10.1 Å². The van der Waals surface area contributed by atoms with Gasteiger partial charge in [0, 0.05) is 14.2 Å². The number of halogens is 5. The fourth-order valence-electron chi connectivity index (χ4n) is 5.14. The zero-order valence-electron chi connectivity index (χ0n) is 24.7. The minimum absolute atomic E-state index is 0.280. The van der Waals surface area contributed by atoms with Crippen LogP contribution in [0.4, 0.5) is 22.0 Å². The Morgan fingerprint density at radius 2 is 1.56 bits per heavy atom. The predicted molar refractivity (Wildman–Crippen MR) is 140 cm³/mol. The van der Waals surface area contributed by atoms with Crippen LogP contribution in [0.15, 0.2) is 0 Å². The van der Waals surface area contributed by atoms with Crippen molar-refractivity contribution >= 4 is 17.8 Å². The van der Waals surface area contributed by atoms with Gasteiger partial charge in [-0.1, -0.05) is 34.1 Å². The lowest BCUT2D eigenvalue weighted by molar-refractivity contribution is -0.147. The van der Waals surface area contributed by atoms with Crippen molar-refractivity contribution in [3.63, 3.8) is 0 Å². The molecule has 0 spiro atoms. The number of carbonyl (C=O) groups excluding carboxylic acids is 3. The first kappa shape index (κ1) is 34.4. The first-order valence-electron chi connectivity index (χ1n) is 13.6. The zero-order valence-corrected chi connectivity index (χ0v) is 24.7. The van der Waals surface area contributed by atoms with Gasteiger partial charge in [-0.3, -0.25) is 19.3 Å². The number of nitrogens with one attached hydrogen (secondary N) is 1. The van der Waals surface area contributed by atoms with E-state index in [1.165, 1.54) is 19.1 Å². The number of nitrogens with zero attached hydrogens (tertiary/aromatic N) is 2. The van der Waals surface area contributed by atoms with Gasteiger partial charge in [0.15, 0.2) is 0 Å². The van der Waals surface area contributed by atoms with Crippen molar-refractivity contribution in [3.05, 3.63) is 29.1 Å². The second-order valence-electron chi connectivity index (χ2n) is 11.2. The largest absolute Gasteiger partial charge is 0.420 e. The minimum atomic E-state index is -2.38. The maximum Gasteiger partial charge on any atom is 0.314 e. The van der Waals surface area contributed by atoms with Gasteiger partial charge in [-0.2, -0.15) is 8.78 Å². The van der Waals surface area contributed by atoms with Gasteiger partial charge in [0.2, 0.25) is 46.6 Å². The standard InChI is InChI=1S/C28H40F5N3O5/c1-9-15(4)24(16(40-8)13-17(37)41-25-21(32)19(30)18(29)20(31)22(25)33)36(7)26(38)23(14(2)3)34-27(39)28(5)11-10-12-35(28)6/h14-16,23-24H,9-13H2,1-8H3,(H,34,39)/t15-,16+,23-,24-,28-/m0/s1. The Bertz CT molecular complexity index is 1110. The number of likely N-dealkylation sites (tertiary alicyclic amines) is 1. The molecule has 1 saturated heterocycles. The Kier molecular flexibility index (Phi) is 11.7. The highest BCUT2D eigenvalue weighted by Crippen LogP contribution is 2.31. The smallest absolute Gasteiger partial charge is 0.314 e. The number of amides is 2. The van der Waals surface area contributed by atoms with Crippen molar-refractivity contribution in [1.29, 1.82) is 0 Å². The molecule has 2 amide bonds. The van der Waals surface area contributed by atoms with Gasteiger partial charge in [-0.15, -0.1) is 0 Å². The number of benzene rings is 1. The quantitative estimate of drug-likeness (QED) is 0.129. The highest BCUT2D eigenvalue weighted by atomic mass is 19.2. The van der Waals surface area contributed by atoms with Gasteiger partial charge < -0.3 is 19.7 Å². The Balaban J connectivity index is 2.31. The normalized spacial score (nSPS) is 20.4. The molecule has 1 aliphatic heterocycles. The summed E-state index contributed by atoms with van der Waals surface area (Å²) in [6, 6.07) is -1.70. The number of hydrogen-bond acceptors (Lipinski definition) is 6. The summed E-state index contributed by atoms with van der Waals surface area (Å²) in [7, 11) is 4.59. The lowest BCUT2D eigenvalue weighted by Crippen LogP contribution is -2.61. The maximum absolute atomic E-state index is 14.1. The van der Waals surface area contributed by atoms with Crippen molar-refractivity contribution in [2.45, 2.75) is 84.0 Å². The number of methoxy groups -OCH3 is 1. The van der Waals surface area contributed by atoms with E-state index in [1.807, 2.05) is 25.8 Å². The number of carbonyl (C=O) groups is 3. The summed E-state index contributed by atoms with van der Waals surface area (Å²) in [4.78, 5) is 43.0. The molecule has 1 fully saturated rings. The van der Waals surface area contributed by atoms with Crippen LogP contribution in [0.25, 0.3) is 0 Å². The molecule has 2 rings (SSSR count). The topological polar surface area (TPSA) is 88.2 Å². The first-order valence-corrected chi connectivity index (χ1v) is 13.6. The molecule has 1 N–H and O–H groups in total. The molecule has 1 aromatic rings. The Labute approximate surface area is 237 Å². The summed E-state index contributed by atoms with van der Waals surface area (Å²) in [6.45, 7) is 9.77. The van der Waals surface area contributed by atoms with Crippen LogP contribution in [0.5, 0.6) is 5.75 Å². The maximum atomic E-state index is 14.1. The summed E-state index contributed by atoms with van der Waals surface area (Å²) in [5, 5.41) is 2.89. The van der Waals surface area contributed by atoms with E-state index < -0.39 is 76.9 Å². The van der Waals surface area contributed by atoms with Crippen LogP contribution in [0, 0.1) is 40.9 Å². The average Bonchev–Trinajstić information content (AvgIpc) is 3.28. The molecule has 13 heteroatoms. The summed E-state index contributed by atoms with van der Waals surface area (Å²) in [6.07, 6.45) is 0.236. The van der Waals surface area contributed by atoms with Crippen molar-refractivity contribution in [2.75, 3.05) is 27.7 Å². The average molecular weight is 594 g/mol. The molecule has 1 heterocycles. The third kappa shape index (κ3) is 7.17. The number of esters is 1. The molecule has 8 nitrogen and oxygen atoms in total. The van der Waals surface area contributed by atoms with Crippen molar-refractivity contribution < 1.29 is 45.8 Å². The lowest BCUT2D eigenvalue weighted by Gasteiger charge is -2.40. The molecule has 232 valence electrons. The van der Waals surface area contributed by atoms with Crippen molar-refractivity contribution in [1.82, 2.24) is 15.1 Å². The minimum Gasteiger partial charge on any atom is -0.420 e. The van der Waals surface area contributed by atoms with Crippen LogP contribution in [0.3, 0.4) is 0 Å². The highest BCUT2D eigenvalue weighted by Gasteiger charge is 2.44. The Morgan fingerprint density at radius 3 is 2.00 bits per heavy atom. The second-order valence-corrected chi connectivity index (χ2v) is 11.2. The SMILES string of the molecule is CC[C@H](C)[C@@H]([C@@H](CC(=O)Oc1c(F)c(F)c(F)c(F)c1F)OC)N(C)C(=O)[C@@H](NC(=O)[C@]1(C)CCCN1C)C(C)C. The first-order chi connectivity index (χ1) is 19.0. The molecule has 0 aromatic heterocycles. The van der Waals surface area contributed by atoms with Crippen molar-refractivity contribution in [2.24, 2.45) is 11.8 Å². The summed E-state index contributed by atoms with van der Waals surface area (Å²) < 4.78 is 78.7. The predicted octanol–water partition coefficient (Wildman–Crippen LogP) is 4.19. The molecule has 0 aliphatic carbocycles. The lowest BCUT2D eigenvalue weighted by atomic mass is 9.89. The van der Waals surface area contributed by atoms with Gasteiger partial charge in [0.05, 0.1) is 24.1 Å². The summed E-state index contributed by atoms with van der Waals surface area (Å²) in [5.41, 5.74) is -0.773. The molecule has 0 radical (unpaired) electrons. The fraction of sp³-hybridized carbons (Fsp3) is 0.679. The molecular formula is C28H40F5N3O5. The third-order valence-corrected chi connectivity index (χ3v) is 8.17. The molecule has 0 saturated carbocycles. The van der Waals surface area contributed by atoms with E-state index in [0.29, 0.717) is 12.8 Å². The van der Waals surface area contributed by atoms with E-state index in [-0.39, 0.29) is 17.7 Å². The molecule has 41 heavy (non-hydrogen) atoms. The van der Waals surface area contributed by atoms with E-state index in [4.69, 9.17) is 4.74 Å². The molecular weight excluding hydrogens is 553 g/mol. The number of rotatable bonds is 12. The second kappa shape index (κ2) is 13.9. The molecule has 5 atom stereocenters. The molecule has 1 aromatic carbocycles. The van der Waals surface area contributed by atoms with Crippen LogP contribution >= 0.6 is 0 Å². The van der Waals surface area contributed by atoms with Gasteiger partial charge in [0.25, 0.3) is 0 Å². The van der Waals surface area contributed by atoms with Gasteiger partial charge in [-0.25, -0.2) is 13.2 Å². The van der Waals surface area contributed by atoms with Gasteiger partial charge >= 0.3 is 5.97 Å². The number of ether oxygens (including phenoxy) is 2. The van der Waals surface area contributed by atoms with E-state index in [1.54, 1.807) is 20.8 Å². The number of hydrogen-bond donors (Lipinski definition) is 1. The van der Waals surface area contributed by atoms with E-state index in [9.17, 15) is 36.3 Å². The number of likely N-dealkylation sites (N-methyl/N-ethyl adjacent to an activating group) is 2. The van der Waals surface area contributed by atoms with E-state index in [0.717, 1.165) is 13.0 Å². The van der Waals surface area contributed by atoms with Gasteiger partial charge in [-0.05, 0) is 45.2 Å². The van der Waals surface area contributed by atoms with Crippen LogP contribution in [-0.4, -0.2) is 79.1 Å². The van der Waals surface area contributed by atoms with Crippen molar-refractivity contribution in [3.8, 4) is 5.75 Å².